The minimum absolute atomic E-state index is 0.541. The molecule has 1 fully saturated rings. The Balaban J connectivity index is 2.24. The van der Waals surface area contributed by atoms with Crippen LogP contribution in [0.5, 0.6) is 0 Å². The average molecular weight is 228 g/mol. The normalized spacial score (nSPS) is 18.4. The third-order valence-corrected chi connectivity index (χ3v) is 3.24. The Kier molecular flexibility index (Phi) is 4.73. The Morgan fingerprint density at radius 3 is 2.44 bits per heavy atom. The molecule has 0 saturated carbocycles. The van der Waals surface area contributed by atoms with Crippen LogP contribution < -0.4 is 0 Å². The van der Waals surface area contributed by atoms with Crippen LogP contribution in [0.2, 0.25) is 0 Å². The highest BCUT2D eigenvalue weighted by atomic mass is 16.4. The number of aliphatic carboxylic acids is 1. The molecule has 0 aromatic heterocycles. The number of rotatable bonds is 3. The number of amides is 1. The second-order valence-corrected chi connectivity index (χ2v) is 4.57. The van der Waals surface area contributed by atoms with Crippen molar-refractivity contribution in [3.05, 3.63) is 0 Å². The lowest BCUT2D eigenvalue weighted by Gasteiger charge is -2.29. The molecular weight excluding hydrogens is 208 g/mol. The number of likely N-dealkylation sites (N-methyl/N-ethyl adjacent to an activating group) is 1. The summed E-state index contributed by atoms with van der Waals surface area (Å²) in [5.41, 5.74) is 0. The zero-order valence-electron chi connectivity index (χ0n) is 9.98. The van der Waals surface area contributed by atoms with Gasteiger partial charge in [-0.2, -0.15) is 0 Å². The number of nitrogens with zero attached hydrogens (tertiary/aromatic N) is 2. The lowest BCUT2D eigenvalue weighted by Crippen LogP contribution is -2.36. The van der Waals surface area contributed by atoms with Gasteiger partial charge in [0.1, 0.15) is 0 Å². The molecule has 1 rings (SSSR count). The summed E-state index contributed by atoms with van der Waals surface area (Å²) in [7, 11) is 3.65. The van der Waals surface area contributed by atoms with Crippen LogP contribution in [0.1, 0.15) is 19.3 Å². The summed E-state index contributed by atoms with van der Waals surface area (Å²) in [6.45, 7) is 2.74. The van der Waals surface area contributed by atoms with Crippen LogP contribution in [-0.4, -0.2) is 60.5 Å². The van der Waals surface area contributed by atoms with Crippen molar-refractivity contribution in [2.24, 2.45) is 5.92 Å². The first-order chi connectivity index (χ1) is 7.50. The van der Waals surface area contributed by atoms with Crippen molar-refractivity contribution in [1.82, 2.24) is 9.80 Å². The Bertz CT molecular complexity index is 260. The van der Waals surface area contributed by atoms with Gasteiger partial charge in [0.05, 0.1) is 0 Å². The van der Waals surface area contributed by atoms with E-state index in [9.17, 15) is 9.59 Å². The van der Waals surface area contributed by atoms with Crippen LogP contribution >= 0.6 is 0 Å². The predicted octanol–water partition coefficient (Wildman–Crippen LogP) is 0.261. The Morgan fingerprint density at radius 2 is 1.94 bits per heavy atom. The molecule has 1 saturated heterocycles. The zero-order valence-corrected chi connectivity index (χ0v) is 9.98. The summed E-state index contributed by atoms with van der Waals surface area (Å²) >= 11 is 0. The van der Waals surface area contributed by atoms with E-state index in [0.717, 1.165) is 32.4 Å². The molecule has 92 valence electrons. The highest BCUT2D eigenvalue weighted by Gasteiger charge is 2.20. The SMILES string of the molecule is CN1CCC(CCN(C)C(=O)C(=O)O)CC1. The maximum Gasteiger partial charge on any atom is 0.394 e. The summed E-state index contributed by atoms with van der Waals surface area (Å²) < 4.78 is 0. The van der Waals surface area contributed by atoms with Crippen molar-refractivity contribution in [3.63, 3.8) is 0 Å². The van der Waals surface area contributed by atoms with E-state index < -0.39 is 11.9 Å². The Labute approximate surface area is 96.0 Å². The summed E-state index contributed by atoms with van der Waals surface area (Å²) in [5, 5.41) is 8.53. The van der Waals surface area contributed by atoms with E-state index in [2.05, 4.69) is 11.9 Å². The van der Waals surface area contributed by atoms with Crippen LogP contribution in [0.4, 0.5) is 0 Å². The number of carbonyl (C=O) groups is 2. The molecule has 5 heteroatoms. The molecule has 16 heavy (non-hydrogen) atoms. The van der Waals surface area contributed by atoms with Gasteiger partial charge in [-0.3, -0.25) is 4.79 Å². The van der Waals surface area contributed by atoms with Crippen molar-refractivity contribution in [2.75, 3.05) is 33.7 Å². The zero-order chi connectivity index (χ0) is 12.1. The van der Waals surface area contributed by atoms with E-state index in [4.69, 9.17) is 5.11 Å². The molecule has 0 aliphatic carbocycles. The average Bonchev–Trinajstić information content (AvgIpc) is 2.26. The molecule has 1 aliphatic rings. The summed E-state index contributed by atoms with van der Waals surface area (Å²) in [5.74, 6) is -1.56. The second-order valence-electron chi connectivity index (χ2n) is 4.57. The fraction of sp³-hybridized carbons (Fsp3) is 0.818. The van der Waals surface area contributed by atoms with Crippen LogP contribution in [0, 0.1) is 5.92 Å². The van der Waals surface area contributed by atoms with E-state index in [-0.39, 0.29) is 0 Å². The standard InChI is InChI=1S/C11H20N2O3/c1-12-6-3-9(4-7-12)5-8-13(2)10(14)11(15)16/h9H,3-8H2,1-2H3,(H,15,16). The lowest BCUT2D eigenvalue weighted by molar-refractivity contribution is -0.155. The van der Waals surface area contributed by atoms with Gasteiger partial charge in [-0.05, 0) is 45.3 Å². The topological polar surface area (TPSA) is 60.9 Å². The number of carbonyl (C=O) groups excluding carboxylic acids is 1. The van der Waals surface area contributed by atoms with Gasteiger partial charge in [0, 0.05) is 13.6 Å². The van der Waals surface area contributed by atoms with Gasteiger partial charge in [0.25, 0.3) is 0 Å². The smallest absolute Gasteiger partial charge is 0.394 e. The van der Waals surface area contributed by atoms with Crippen LogP contribution in [0.3, 0.4) is 0 Å². The monoisotopic (exact) mass is 228 g/mol. The quantitative estimate of drug-likeness (QED) is 0.704. The van der Waals surface area contributed by atoms with E-state index in [1.807, 2.05) is 0 Å². The molecule has 0 aromatic carbocycles. The number of carboxylic acid groups (broad SMARTS) is 1. The number of piperidine rings is 1. The third kappa shape index (κ3) is 3.81. The van der Waals surface area contributed by atoms with Crippen molar-refractivity contribution >= 4 is 11.9 Å². The van der Waals surface area contributed by atoms with Crippen LogP contribution in [0.15, 0.2) is 0 Å². The Hall–Kier alpha value is -1.10. The number of likely N-dealkylation sites (tertiary alicyclic amines) is 1. The summed E-state index contributed by atoms with van der Waals surface area (Å²) in [6, 6.07) is 0. The van der Waals surface area contributed by atoms with Crippen molar-refractivity contribution in [2.45, 2.75) is 19.3 Å². The molecule has 1 heterocycles. The molecule has 1 N–H and O–H groups in total. The largest absolute Gasteiger partial charge is 0.474 e. The molecule has 0 atom stereocenters. The van der Waals surface area contributed by atoms with E-state index in [1.54, 1.807) is 7.05 Å². The lowest BCUT2D eigenvalue weighted by atomic mass is 9.94. The minimum Gasteiger partial charge on any atom is -0.474 e. The van der Waals surface area contributed by atoms with Crippen molar-refractivity contribution in [3.8, 4) is 0 Å². The molecule has 0 spiro atoms. The van der Waals surface area contributed by atoms with E-state index in [1.165, 1.54) is 4.90 Å². The Morgan fingerprint density at radius 1 is 1.38 bits per heavy atom. The maximum absolute atomic E-state index is 11.1. The first-order valence-corrected chi connectivity index (χ1v) is 5.67. The summed E-state index contributed by atoms with van der Waals surface area (Å²) in [4.78, 5) is 25.1. The van der Waals surface area contributed by atoms with Crippen molar-refractivity contribution in [1.29, 1.82) is 0 Å². The fourth-order valence-corrected chi connectivity index (χ4v) is 1.99. The first kappa shape index (κ1) is 13.0. The first-order valence-electron chi connectivity index (χ1n) is 5.67. The molecular formula is C11H20N2O3. The van der Waals surface area contributed by atoms with Crippen LogP contribution in [-0.2, 0) is 9.59 Å². The second kappa shape index (κ2) is 5.84. The van der Waals surface area contributed by atoms with Crippen LogP contribution in [0.25, 0.3) is 0 Å². The third-order valence-electron chi connectivity index (χ3n) is 3.24. The van der Waals surface area contributed by atoms with E-state index >= 15 is 0 Å². The number of hydrogen-bond acceptors (Lipinski definition) is 3. The molecule has 0 bridgehead atoms. The van der Waals surface area contributed by atoms with Crippen molar-refractivity contribution < 1.29 is 14.7 Å². The maximum atomic E-state index is 11.1. The number of hydrogen-bond donors (Lipinski definition) is 1. The van der Waals surface area contributed by atoms with Gasteiger partial charge < -0.3 is 14.9 Å². The van der Waals surface area contributed by atoms with E-state index in [0.29, 0.717) is 12.5 Å². The molecule has 0 radical (unpaired) electrons. The fourth-order valence-electron chi connectivity index (χ4n) is 1.99. The van der Waals surface area contributed by atoms with Gasteiger partial charge in [0.2, 0.25) is 0 Å². The predicted molar refractivity (Wildman–Crippen MR) is 60.1 cm³/mol. The number of carboxylic acids is 1. The minimum atomic E-state index is -1.37. The molecule has 0 unspecified atom stereocenters. The van der Waals surface area contributed by atoms with Gasteiger partial charge in [-0.25, -0.2) is 4.79 Å². The highest BCUT2D eigenvalue weighted by molar-refractivity contribution is 6.31. The van der Waals surface area contributed by atoms with Gasteiger partial charge >= 0.3 is 11.9 Å². The van der Waals surface area contributed by atoms with Gasteiger partial charge in [-0.15, -0.1) is 0 Å². The highest BCUT2D eigenvalue weighted by Crippen LogP contribution is 2.19. The molecule has 0 aromatic rings. The van der Waals surface area contributed by atoms with Gasteiger partial charge in [0.15, 0.2) is 0 Å². The molecule has 5 nitrogen and oxygen atoms in total. The molecule has 1 amide bonds. The van der Waals surface area contributed by atoms with Gasteiger partial charge in [-0.1, -0.05) is 0 Å². The molecule has 1 aliphatic heterocycles. The summed E-state index contributed by atoms with van der Waals surface area (Å²) in [6.07, 6.45) is 3.20.